The maximum Gasteiger partial charge on any atom is 0.108 e. The lowest BCUT2D eigenvalue weighted by molar-refractivity contribution is -0.0156. The summed E-state index contributed by atoms with van der Waals surface area (Å²) in [5, 5.41) is 1.44. The van der Waals surface area contributed by atoms with Gasteiger partial charge in [0.05, 0.1) is 12.6 Å². The highest BCUT2D eigenvalue weighted by Crippen LogP contribution is 2.58. The van der Waals surface area contributed by atoms with Gasteiger partial charge in [0.25, 0.3) is 0 Å². The van der Waals surface area contributed by atoms with Crippen LogP contribution in [0.2, 0.25) is 0 Å². The Morgan fingerprint density at radius 1 is 1.07 bits per heavy atom. The molecule has 0 amide bonds. The first-order valence-electron chi connectivity index (χ1n) is 10.2. The summed E-state index contributed by atoms with van der Waals surface area (Å²) < 4.78 is 8.61. The second kappa shape index (κ2) is 5.46. The van der Waals surface area contributed by atoms with Gasteiger partial charge in [-0.1, -0.05) is 55.5 Å². The molecule has 3 aromatic rings. The van der Waals surface area contributed by atoms with Gasteiger partial charge in [-0.2, -0.15) is 0 Å². The molecule has 2 bridgehead atoms. The van der Waals surface area contributed by atoms with Crippen LogP contribution in [0, 0.1) is 0 Å². The molecule has 2 fully saturated rings. The van der Waals surface area contributed by atoms with Crippen molar-refractivity contribution in [1.82, 2.24) is 9.47 Å². The quantitative estimate of drug-likeness (QED) is 0.615. The highest BCUT2D eigenvalue weighted by atomic mass is 16.6. The van der Waals surface area contributed by atoms with E-state index in [-0.39, 0.29) is 5.60 Å². The minimum absolute atomic E-state index is 0.0827. The molecule has 4 unspecified atom stereocenters. The summed E-state index contributed by atoms with van der Waals surface area (Å²) in [6.45, 7) is 4.37. The Labute approximate surface area is 160 Å². The first-order chi connectivity index (χ1) is 13.2. The van der Waals surface area contributed by atoms with Crippen LogP contribution in [-0.4, -0.2) is 27.7 Å². The SMILES string of the molecule is CC1c2c(n(C)c3ccccc23)C2CCC3(CO3)C1N2Cc1ccccc1. The number of hydrogen-bond donors (Lipinski definition) is 0. The van der Waals surface area contributed by atoms with E-state index in [2.05, 4.69) is 78.0 Å². The van der Waals surface area contributed by atoms with Gasteiger partial charge in [-0.25, -0.2) is 0 Å². The predicted molar refractivity (Wildman–Crippen MR) is 108 cm³/mol. The maximum absolute atomic E-state index is 6.15. The third-order valence-electron chi connectivity index (χ3n) is 7.30. The smallest absolute Gasteiger partial charge is 0.108 e. The molecule has 1 aromatic heterocycles. The normalized spacial score (nSPS) is 32.0. The van der Waals surface area contributed by atoms with Gasteiger partial charge in [0.2, 0.25) is 0 Å². The van der Waals surface area contributed by atoms with Crippen LogP contribution >= 0.6 is 0 Å². The lowest BCUT2D eigenvalue weighted by Crippen LogP contribution is -2.56. The zero-order valence-corrected chi connectivity index (χ0v) is 16.1. The van der Waals surface area contributed by atoms with E-state index in [9.17, 15) is 0 Å². The lowest BCUT2D eigenvalue weighted by atomic mass is 9.70. The molecule has 6 rings (SSSR count). The fourth-order valence-corrected chi connectivity index (χ4v) is 6.12. The first-order valence-corrected chi connectivity index (χ1v) is 10.2. The summed E-state index contributed by atoms with van der Waals surface area (Å²) in [5.74, 6) is 0.480. The van der Waals surface area contributed by atoms with Crippen molar-refractivity contribution < 1.29 is 4.74 Å². The van der Waals surface area contributed by atoms with E-state index < -0.39 is 0 Å². The van der Waals surface area contributed by atoms with E-state index in [0.717, 1.165) is 13.2 Å². The Bertz CT molecular complexity index is 1020. The van der Waals surface area contributed by atoms with Gasteiger partial charge in [-0.05, 0) is 30.0 Å². The topological polar surface area (TPSA) is 20.7 Å². The number of epoxide rings is 1. The molecule has 138 valence electrons. The molecule has 3 nitrogen and oxygen atoms in total. The molecule has 0 saturated carbocycles. The molecule has 0 radical (unpaired) electrons. The van der Waals surface area contributed by atoms with Gasteiger partial charge in [-0.3, -0.25) is 4.90 Å². The fourth-order valence-electron chi connectivity index (χ4n) is 6.12. The van der Waals surface area contributed by atoms with Crippen molar-refractivity contribution in [3.8, 4) is 0 Å². The summed E-state index contributed by atoms with van der Waals surface area (Å²) in [6.07, 6.45) is 2.38. The molecule has 0 aliphatic carbocycles. The van der Waals surface area contributed by atoms with Crippen molar-refractivity contribution in [1.29, 1.82) is 0 Å². The summed E-state index contributed by atoms with van der Waals surface area (Å²) in [6, 6.07) is 20.8. The summed E-state index contributed by atoms with van der Waals surface area (Å²) >= 11 is 0. The van der Waals surface area contributed by atoms with Crippen molar-refractivity contribution in [3.05, 3.63) is 71.4 Å². The molecular formula is C24H26N2O. The molecule has 27 heavy (non-hydrogen) atoms. The van der Waals surface area contributed by atoms with Crippen LogP contribution < -0.4 is 0 Å². The van der Waals surface area contributed by atoms with Crippen LogP contribution in [0.3, 0.4) is 0 Å². The van der Waals surface area contributed by atoms with Gasteiger partial charge in [0, 0.05) is 42.1 Å². The highest BCUT2D eigenvalue weighted by Gasteiger charge is 2.62. The average Bonchev–Trinajstić information content (AvgIpc) is 3.40. The van der Waals surface area contributed by atoms with Crippen LogP contribution in [0.5, 0.6) is 0 Å². The zero-order chi connectivity index (χ0) is 18.2. The van der Waals surface area contributed by atoms with E-state index in [1.54, 1.807) is 5.56 Å². The largest absolute Gasteiger partial charge is 0.368 e. The number of rotatable bonds is 2. The molecule has 2 saturated heterocycles. The Morgan fingerprint density at radius 2 is 1.81 bits per heavy atom. The van der Waals surface area contributed by atoms with Gasteiger partial charge in [0.15, 0.2) is 0 Å². The molecule has 1 spiro atoms. The number of aryl methyl sites for hydroxylation is 1. The van der Waals surface area contributed by atoms with Crippen LogP contribution in [-0.2, 0) is 18.3 Å². The van der Waals surface area contributed by atoms with Crippen LogP contribution in [0.25, 0.3) is 10.9 Å². The molecule has 3 aliphatic rings. The molecule has 4 atom stereocenters. The number of hydrogen-bond acceptors (Lipinski definition) is 2. The van der Waals surface area contributed by atoms with Crippen LogP contribution in [0.1, 0.15) is 48.5 Å². The minimum Gasteiger partial charge on any atom is -0.368 e. The molecule has 0 N–H and O–H groups in total. The van der Waals surface area contributed by atoms with E-state index in [1.165, 1.54) is 35.0 Å². The minimum atomic E-state index is 0.0827. The fraction of sp³-hybridized carbons (Fsp3) is 0.417. The Morgan fingerprint density at radius 3 is 2.59 bits per heavy atom. The van der Waals surface area contributed by atoms with Crippen molar-refractivity contribution in [3.63, 3.8) is 0 Å². The Hall–Kier alpha value is -2.10. The molecule has 3 aliphatic heterocycles. The average molecular weight is 358 g/mol. The third kappa shape index (κ3) is 2.10. The molecule has 3 heteroatoms. The first kappa shape index (κ1) is 15.9. The number of piperidine rings is 1. The standard InChI is InChI=1S/C24H26N2O/c1-16-21-18-10-6-7-11-19(18)25(2)22(21)20-12-13-24(15-27-24)23(16)26(20)14-17-8-4-3-5-9-17/h3-11,16,20,23H,12-15H2,1-2H3. The van der Waals surface area contributed by atoms with Gasteiger partial charge in [0.1, 0.15) is 5.60 Å². The van der Waals surface area contributed by atoms with E-state index in [4.69, 9.17) is 4.74 Å². The molecule has 2 aromatic carbocycles. The van der Waals surface area contributed by atoms with Gasteiger partial charge in [-0.15, -0.1) is 0 Å². The summed E-state index contributed by atoms with van der Waals surface area (Å²) in [7, 11) is 2.26. The highest BCUT2D eigenvalue weighted by molar-refractivity contribution is 5.87. The van der Waals surface area contributed by atoms with E-state index in [0.29, 0.717) is 18.0 Å². The van der Waals surface area contributed by atoms with Crippen molar-refractivity contribution in [2.24, 2.45) is 7.05 Å². The Balaban J connectivity index is 1.55. The molecular weight excluding hydrogens is 332 g/mol. The van der Waals surface area contributed by atoms with Crippen LogP contribution in [0.15, 0.2) is 54.6 Å². The third-order valence-corrected chi connectivity index (χ3v) is 7.30. The number of benzene rings is 2. The number of nitrogens with zero attached hydrogens (tertiary/aromatic N) is 2. The lowest BCUT2D eigenvalue weighted by Gasteiger charge is -2.52. The Kier molecular flexibility index (Phi) is 3.22. The van der Waals surface area contributed by atoms with Gasteiger partial charge < -0.3 is 9.30 Å². The second-order valence-electron chi connectivity index (χ2n) is 8.67. The second-order valence-corrected chi connectivity index (χ2v) is 8.67. The number of fused-ring (bicyclic) bond motifs is 7. The van der Waals surface area contributed by atoms with Crippen molar-refractivity contribution in [2.45, 2.75) is 49.9 Å². The van der Waals surface area contributed by atoms with E-state index in [1.807, 2.05) is 0 Å². The van der Waals surface area contributed by atoms with Crippen molar-refractivity contribution >= 4 is 10.9 Å². The predicted octanol–water partition coefficient (Wildman–Crippen LogP) is 4.77. The number of aromatic nitrogens is 1. The van der Waals surface area contributed by atoms with Gasteiger partial charge >= 0.3 is 0 Å². The summed E-state index contributed by atoms with van der Waals surface area (Å²) in [4.78, 5) is 2.76. The van der Waals surface area contributed by atoms with E-state index >= 15 is 0 Å². The van der Waals surface area contributed by atoms with Crippen LogP contribution in [0.4, 0.5) is 0 Å². The number of para-hydroxylation sites is 1. The van der Waals surface area contributed by atoms with Crippen molar-refractivity contribution in [2.75, 3.05) is 6.61 Å². The zero-order valence-electron chi connectivity index (χ0n) is 16.1. The maximum atomic E-state index is 6.15. The summed E-state index contributed by atoms with van der Waals surface area (Å²) in [5.41, 5.74) is 5.96. The molecule has 4 heterocycles. The monoisotopic (exact) mass is 358 g/mol. The number of ether oxygens (including phenoxy) is 1.